The highest BCUT2D eigenvalue weighted by Crippen LogP contribution is 2.45. The van der Waals surface area contributed by atoms with Crippen molar-refractivity contribution in [2.75, 3.05) is 39.6 Å². The van der Waals surface area contributed by atoms with Crippen LogP contribution in [0.3, 0.4) is 0 Å². The Morgan fingerprint density at radius 3 is 0.612 bits per heavy atom. The van der Waals surface area contributed by atoms with Gasteiger partial charge in [0.2, 0.25) is 0 Å². The number of carbonyl (C=O) groups excluding carboxylic acids is 3. The van der Waals surface area contributed by atoms with E-state index in [4.69, 9.17) is 32.3 Å². The lowest BCUT2D eigenvalue weighted by atomic mass is 10.0. The number of phosphoric ester groups is 2. The molecule has 129 heavy (non-hydrogen) atoms. The zero-order chi connectivity index (χ0) is 93.5. The minimum atomic E-state index is -4.95. The van der Waals surface area contributed by atoms with E-state index in [1.165, 1.54) is 218 Å². The first-order valence-electron chi connectivity index (χ1n) is 52.1. The van der Waals surface area contributed by atoms with Crippen LogP contribution < -0.4 is 0 Å². The van der Waals surface area contributed by atoms with Crippen LogP contribution in [0.4, 0.5) is 0 Å². The smallest absolute Gasteiger partial charge is 0.463 e. The van der Waals surface area contributed by atoms with Gasteiger partial charge in [0.05, 0.1) is 26.4 Å². The number of hydrogen-bond acceptors (Lipinski definition) is 14. The second-order valence-electron chi connectivity index (χ2n) is 34.6. The number of aliphatic hydroxyl groups is 2. The molecule has 0 aliphatic carbocycles. The molecule has 740 valence electrons. The van der Waals surface area contributed by atoms with Gasteiger partial charge in [0.25, 0.3) is 0 Å². The summed E-state index contributed by atoms with van der Waals surface area (Å²) < 4.78 is 61.7. The molecule has 0 amide bonds. The molecule has 0 bridgehead atoms. The van der Waals surface area contributed by atoms with Crippen molar-refractivity contribution in [2.24, 2.45) is 0 Å². The van der Waals surface area contributed by atoms with E-state index < -0.39 is 91.5 Å². The molecular formula is C111H190O16P2. The van der Waals surface area contributed by atoms with Crippen LogP contribution in [-0.4, -0.2) is 95.9 Å². The van der Waals surface area contributed by atoms with Gasteiger partial charge in [-0.2, -0.15) is 0 Å². The fourth-order valence-electron chi connectivity index (χ4n) is 14.4. The average Bonchev–Trinajstić information content (AvgIpc) is 0.895. The fraction of sp³-hybridized carbons (Fsp3) is 0.703. The predicted octanol–water partition coefficient (Wildman–Crippen LogP) is 33.1. The Kier molecular flexibility index (Phi) is 97.4. The maximum Gasteiger partial charge on any atom is 0.472 e. The van der Waals surface area contributed by atoms with Crippen molar-refractivity contribution in [3.8, 4) is 0 Å². The van der Waals surface area contributed by atoms with Gasteiger partial charge >= 0.3 is 33.6 Å². The number of carbonyl (C=O) groups is 3. The number of aliphatic hydroxyl groups excluding tert-OH is 2. The highest BCUT2D eigenvalue weighted by Gasteiger charge is 2.30. The quantitative estimate of drug-likeness (QED) is 0.0146. The van der Waals surface area contributed by atoms with Crippen LogP contribution >= 0.6 is 15.6 Å². The monoisotopic (exact) mass is 1840 g/mol. The summed E-state index contributed by atoms with van der Waals surface area (Å²) in [5.41, 5.74) is 0. The van der Waals surface area contributed by atoms with Gasteiger partial charge in [-0.3, -0.25) is 32.5 Å². The highest BCUT2D eigenvalue weighted by atomic mass is 31.2. The average molecular weight is 1840 g/mol. The zero-order valence-corrected chi connectivity index (χ0v) is 83.8. The Balaban J connectivity index is 4.56. The van der Waals surface area contributed by atoms with Crippen molar-refractivity contribution in [1.82, 2.24) is 0 Å². The summed E-state index contributed by atoms with van der Waals surface area (Å²) in [6.45, 7) is 2.41. The molecule has 0 aliphatic rings. The Labute approximate surface area is 789 Å². The van der Waals surface area contributed by atoms with Crippen molar-refractivity contribution in [1.29, 1.82) is 0 Å². The van der Waals surface area contributed by atoms with Gasteiger partial charge in [0, 0.05) is 19.3 Å². The molecule has 0 rings (SSSR count). The molecular weight excluding hydrogens is 1650 g/mol. The molecule has 0 fully saturated rings. The largest absolute Gasteiger partial charge is 0.472 e. The number of rotatable bonds is 98. The second-order valence-corrected chi connectivity index (χ2v) is 37.5. The van der Waals surface area contributed by atoms with Gasteiger partial charge in [-0.15, -0.1) is 0 Å². The van der Waals surface area contributed by atoms with Crippen LogP contribution in [-0.2, 0) is 55.8 Å². The minimum absolute atomic E-state index is 0.0944. The van der Waals surface area contributed by atoms with Gasteiger partial charge in [-0.05, 0) is 154 Å². The number of phosphoric acid groups is 2. The lowest BCUT2D eigenvalue weighted by Crippen LogP contribution is -2.30. The topological polar surface area (TPSA) is 231 Å². The molecule has 0 aromatic heterocycles. The number of unbranched alkanes of at least 4 members (excludes halogenated alkanes) is 45. The van der Waals surface area contributed by atoms with Crippen molar-refractivity contribution in [3.63, 3.8) is 0 Å². The normalized spacial score (nSPS) is 14.4. The molecule has 4 N–H and O–H groups in total. The summed E-state index contributed by atoms with van der Waals surface area (Å²) in [7, 11) is -9.82. The fourth-order valence-corrected chi connectivity index (χ4v) is 15.9. The van der Waals surface area contributed by atoms with E-state index in [9.17, 15) is 43.5 Å². The van der Waals surface area contributed by atoms with Crippen LogP contribution in [0.15, 0.2) is 182 Å². The molecule has 0 saturated carbocycles. The molecule has 0 aromatic rings. The van der Waals surface area contributed by atoms with E-state index in [-0.39, 0.29) is 19.3 Å². The lowest BCUT2D eigenvalue weighted by molar-refractivity contribution is -0.161. The van der Waals surface area contributed by atoms with Crippen molar-refractivity contribution < 1.29 is 75.8 Å². The lowest BCUT2D eigenvalue weighted by Gasteiger charge is -2.21. The van der Waals surface area contributed by atoms with E-state index in [0.29, 0.717) is 19.3 Å². The Morgan fingerprint density at radius 2 is 0.388 bits per heavy atom. The van der Waals surface area contributed by atoms with Crippen molar-refractivity contribution in [2.45, 2.75) is 463 Å². The van der Waals surface area contributed by atoms with Crippen molar-refractivity contribution >= 4 is 33.6 Å². The first-order chi connectivity index (χ1) is 63.2. The molecule has 0 saturated heterocycles. The van der Waals surface area contributed by atoms with E-state index in [2.05, 4.69) is 203 Å². The summed E-state index contributed by atoms with van der Waals surface area (Å²) in [6.07, 6.45) is 135. The van der Waals surface area contributed by atoms with Crippen LogP contribution in [0, 0.1) is 0 Å². The van der Waals surface area contributed by atoms with Gasteiger partial charge in [0.1, 0.15) is 25.4 Å². The molecule has 18 heteroatoms. The molecule has 0 aromatic carbocycles. The second kappa shape index (κ2) is 102. The van der Waals surface area contributed by atoms with E-state index in [1.54, 1.807) is 0 Å². The molecule has 0 radical (unpaired) electrons. The van der Waals surface area contributed by atoms with E-state index >= 15 is 0 Å². The summed E-state index contributed by atoms with van der Waals surface area (Å²) in [4.78, 5) is 59.2. The maximum absolute atomic E-state index is 13.1. The first kappa shape index (κ1) is 124. The molecule has 16 nitrogen and oxygen atoms in total. The number of allylic oxidation sites excluding steroid dienone is 30. The first-order valence-corrected chi connectivity index (χ1v) is 55.1. The van der Waals surface area contributed by atoms with Crippen molar-refractivity contribution in [3.05, 3.63) is 182 Å². The minimum Gasteiger partial charge on any atom is -0.463 e. The van der Waals surface area contributed by atoms with Crippen LogP contribution in [0.2, 0.25) is 0 Å². The Morgan fingerprint density at radius 1 is 0.217 bits per heavy atom. The van der Waals surface area contributed by atoms with Crippen LogP contribution in [0.1, 0.15) is 445 Å². The maximum atomic E-state index is 13.1. The third-order valence-electron chi connectivity index (χ3n) is 22.1. The molecule has 0 spiro atoms. The molecule has 0 heterocycles. The van der Waals surface area contributed by atoms with Gasteiger partial charge in [-0.25, -0.2) is 9.13 Å². The highest BCUT2D eigenvalue weighted by molar-refractivity contribution is 7.47. The standard InChI is InChI=1S/C111H190O16P2/c1-4-7-10-13-16-19-22-25-28-31-34-37-40-43-45-47-49-51-52-54-56-57-59-62-64-67-70-73-76-79-82-85-88-91-94-97-109(114)121-100-106(112)101-123-128(117,118)124-102-107(113)103-125-129(119,120)126-105-108(127-111(116)99-96-93-90-87-84-81-78-75-72-69-66-61-42-39-36-33-30-27-24-21-18-15-12-9-6-3)104-122-110(115)98-95-92-89-86-83-80-77-74-71-68-65-63-60-58-55-53-50-48-46-44-41-38-35-32-29-26-23-20-17-14-11-8-5-2/h7-12,16-21,25-30,34-39,43-46,61,66,106-108,112-113H,4-6,13-15,22-24,31-33,40-42,47-60,62-65,67-105H2,1-3H3,(H,117,118)(H,119,120)/b10-7-,11-8-,12-9-,19-16-,20-17-,21-18-,28-25-,29-26-,30-27-,37-34-,38-35-,39-36-,45-43-,46-44-,66-61-. The summed E-state index contributed by atoms with van der Waals surface area (Å²) >= 11 is 0. The molecule has 5 atom stereocenters. The third kappa shape index (κ3) is 103. The van der Waals surface area contributed by atoms with E-state index in [1.807, 2.05) is 0 Å². The summed E-state index contributed by atoms with van der Waals surface area (Å²) in [5, 5.41) is 20.8. The summed E-state index contributed by atoms with van der Waals surface area (Å²) in [5.74, 6) is -1.56. The number of ether oxygens (including phenoxy) is 3. The van der Waals surface area contributed by atoms with Crippen LogP contribution in [0.5, 0.6) is 0 Å². The Bertz CT molecular complexity index is 3080. The summed E-state index contributed by atoms with van der Waals surface area (Å²) in [6, 6.07) is 0. The van der Waals surface area contributed by atoms with Crippen LogP contribution in [0.25, 0.3) is 0 Å². The Hall–Kier alpha value is -5.35. The number of esters is 3. The van der Waals surface area contributed by atoms with Gasteiger partial charge in [0.15, 0.2) is 6.10 Å². The van der Waals surface area contributed by atoms with E-state index in [0.717, 1.165) is 167 Å². The third-order valence-corrected chi connectivity index (χ3v) is 24.0. The van der Waals surface area contributed by atoms with Gasteiger partial charge in [-0.1, -0.05) is 453 Å². The SMILES string of the molecule is CC/C=C\C/C=C\C/C=C\C/C=C\C/C=C\CCCCCCCCCCCCCCCCCCCCCC(=O)OCC(O)COP(=O)(O)OCC(O)COP(=O)(O)OCC(COC(=O)CCCCCCCCCCCCCCCCCCC/C=C\C/C=C\C/C=C\C/C=C\C/C=C\CC)OC(=O)CCCCCCCCCCC/C=C\C/C=C\C/C=C\C/C=C\C/C=C\CC. The van der Waals surface area contributed by atoms with Gasteiger partial charge < -0.3 is 34.2 Å². The molecule has 0 aliphatic heterocycles. The predicted molar refractivity (Wildman–Crippen MR) is 546 cm³/mol. The molecule has 5 unspecified atom stereocenters. The number of hydrogen-bond donors (Lipinski definition) is 4. The zero-order valence-electron chi connectivity index (χ0n) is 82.0.